The van der Waals surface area contributed by atoms with Crippen molar-refractivity contribution in [1.29, 1.82) is 0 Å². The zero-order valence-electron chi connectivity index (χ0n) is 8.95. The van der Waals surface area contributed by atoms with Crippen LogP contribution >= 0.6 is 0 Å². The summed E-state index contributed by atoms with van der Waals surface area (Å²) in [6.45, 7) is 4.83. The molecule has 0 aromatic carbocycles. The van der Waals surface area contributed by atoms with Crippen LogP contribution in [0.3, 0.4) is 0 Å². The molecule has 0 aromatic rings. The molecule has 0 aliphatic carbocycles. The molecular formula is C10H17N3O2. The van der Waals surface area contributed by atoms with Gasteiger partial charge in [0.2, 0.25) is 5.91 Å². The maximum atomic E-state index is 11.1. The molecule has 2 aliphatic rings. The van der Waals surface area contributed by atoms with Gasteiger partial charge in [-0.05, 0) is 13.3 Å². The molecule has 0 spiro atoms. The van der Waals surface area contributed by atoms with Gasteiger partial charge in [0.05, 0.1) is 5.70 Å². The highest BCUT2D eigenvalue weighted by Crippen LogP contribution is 2.29. The van der Waals surface area contributed by atoms with Gasteiger partial charge in [0.25, 0.3) is 0 Å². The summed E-state index contributed by atoms with van der Waals surface area (Å²) in [5.41, 5.74) is 3.96. The van der Waals surface area contributed by atoms with Crippen LogP contribution in [0.5, 0.6) is 0 Å². The van der Waals surface area contributed by atoms with Gasteiger partial charge >= 0.3 is 0 Å². The number of carbonyl (C=O) groups is 1. The molecule has 2 heterocycles. The predicted molar refractivity (Wildman–Crippen MR) is 55.5 cm³/mol. The number of carbonyl (C=O) groups excluding carboxylic acids is 1. The Morgan fingerprint density at radius 3 is 3.20 bits per heavy atom. The van der Waals surface area contributed by atoms with E-state index in [4.69, 9.17) is 4.84 Å². The van der Waals surface area contributed by atoms with E-state index < -0.39 is 0 Å². The smallest absolute Gasteiger partial charge is 0.248 e. The summed E-state index contributed by atoms with van der Waals surface area (Å²) in [6, 6.07) is 0. The third-order valence-electron chi connectivity index (χ3n) is 2.75. The summed E-state index contributed by atoms with van der Waals surface area (Å²) in [5.74, 6) is 0.480. The van der Waals surface area contributed by atoms with Crippen molar-refractivity contribution in [2.24, 2.45) is 5.92 Å². The van der Waals surface area contributed by atoms with Crippen LogP contribution in [-0.4, -0.2) is 37.0 Å². The van der Waals surface area contributed by atoms with Crippen LogP contribution in [-0.2, 0) is 9.63 Å². The third-order valence-corrected chi connectivity index (χ3v) is 2.75. The summed E-state index contributed by atoms with van der Waals surface area (Å²) in [7, 11) is 0. The average molecular weight is 211 g/mol. The second kappa shape index (κ2) is 4.53. The highest BCUT2D eigenvalue weighted by molar-refractivity contribution is 5.77. The highest BCUT2D eigenvalue weighted by Gasteiger charge is 2.30. The molecule has 5 heteroatoms. The highest BCUT2D eigenvalue weighted by atomic mass is 16.6. The van der Waals surface area contributed by atoms with E-state index in [0.29, 0.717) is 12.5 Å². The number of amides is 1. The van der Waals surface area contributed by atoms with Crippen molar-refractivity contribution in [3.05, 3.63) is 11.9 Å². The van der Waals surface area contributed by atoms with Crippen LogP contribution in [0.4, 0.5) is 0 Å². The minimum Gasteiger partial charge on any atom is -0.375 e. The Morgan fingerprint density at radius 2 is 2.60 bits per heavy atom. The van der Waals surface area contributed by atoms with Crippen molar-refractivity contribution in [2.75, 3.05) is 26.2 Å². The number of hydrogen-bond donors (Lipinski definition) is 2. The molecule has 1 unspecified atom stereocenters. The molecule has 2 bridgehead atoms. The van der Waals surface area contributed by atoms with Crippen molar-refractivity contribution in [2.45, 2.75) is 13.3 Å². The van der Waals surface area contributed by atoms with E-state index in [0.717, 1.165) is 18.8 Å². The standard InChI is InChI=1S/C10H17N3O2/c1-2-11-10(14)7-15-12-9-6-13-4-3-8(9)5-13/h6,8,12H,2-5,7H2,1H3,(H,11,14). The van der Waals surface area contributed by atoms with Crippen LogP contribution in [0, 0.1) is 5.92 Å². The van der Waals surface area contributed by atoms with E-state index >= 15 is 0 Å². The summed E-state index contributed by atoms with van der Waals surface area (Å²) < 4.78 is 0. The summed E-state index contributed by atoms with van der Waals surface area (Å²) in [4.78, 5) is 18.5. The molecule has 1 saturated heterocycles. The molecule has 1 amide bonds. The lowest BCUT2D eigenvalue weighted by Crippen LogP contribution is -2.31. The number of hydrogen-bond acceptors (Lipinski definition) is 4. The van der Waals surface area contributed by atoms with E-state index in [1.54, 1.807) is 0 Å². The van der Waals surface area contributed by atoms with Crippen LogP contribution in [0.15, 0.2) is 11.9 Å². The maximum Gasteiger partial charge on any atom is 0.248 e. The molecule has 5 nitrogen and oxygen atoms in total. The largest absolute Gasteiger partial charge is 0.375 e. The zero-order valence-corrected chi connectivity index (χ0v) is 8.95. The lowest BCUT2D eigenvalue weighted by atomic mass is 10.1. The predicted octanol–water partition coefficient (Wildman–Crippen LogP) is -0.179. The lowest BCUT2D eigenvalue weighted by Gasteiger charge is -2.14. The second-order valence-corrected chi connectivity index (χ2v) is 3.91. The SMILES string of the molecule is CCNC(=O)CONC1=CN2CCC1C2. The molecule has 0 radical (unpaired) electrons. The molecule has 2 aliphatic heterocycles. The van der Waals surface area contributed by atoms with Crippen LogP contribution in [0.2, 0.25) is 0 Å². The van der Waals surface area contributed by atoms with Gasteiger partial charge in [-0.2, -0.15) is 0 Å². The zero-order chi connectivity index (χ0) is 10.7. The summed E-state index contributed by atoms with van der Waals surface area (Å²) in [5, 5.41) is 2.67. The van der Waals surface area contributed by atoms with Gasteiger partial charge in [-0.15, -0.1) is 0 Å². The van der Waals surface area contributed by atoms with Gasteiger partial charge in [-0.1, -0.05) is 0 Å². The Hall–Kier alpha value is -1.23. The van der Waals surface area contributed by atoms with Gasteiger partial charge in [0.15, 0.2) is 6.61 Å². The quantitative estimate of drug-likeness (QED) is 0.619. The van der Waals surface area contributed by atoms with Crippen molar-refractivity contribution in [3.63, 3.8) is 0 Å². The summed E-state index contributed by atoms with van der Waals surface area (Å²) in [6.07, 6.45) is 3.26. The fourth-order valence-corrected chi connectivity index (χ4v) is 2.00. The molecule has 1 atom stereocenters. The van der Waals surface area contributed by atoms with E-state index in [1.165, 1.54) is 6.42 Å². The van der Waals surface area contributed by atoms with Crippen molar-refractivity contribution in [3.8, 4) is 0 Å². The first-order chi connectivity index (χ1) is 7.29. The summed E-state index contributed by atoms with van der Waals surface area (Å²) >= 11 is 0. The molecule has 15 heavy (non-hydrogen) atoms. The van der Waals surface area contributed by atoms with Gasteiger partial charge in [-0.3, -0.25) is 15.1 Å². The van der Waals surface area contributed by atoms with Crippen molar-refractivity contribution >= 4 is 5.91 Å². The lowest BCUT2D eigenvalue weighted by molar-refractivity contribution is -0.127. The normalized spacial score (nSPS) is 22.9. The molecule has 1 fully saturated rings. The Bertz CT molecular complexity index is 278. The second-order valence-electron chi connectivity index (χ2n) is 3.91. The van der Waals surface area contributed by atoms with Crippen LogP contribution < -0.4 is 10.8 Å². The first-order valence-corrected chi connectivity index (χ1v) is 5.40. The number of likely N-dealkylation sites (N-methyl/N-ethyl adjacent to an activating group) is 1. The topological polar surface area (TPSA) is 53.6 Å². The van der Waals surface area contributed by atoms with Gasteiger partial charge in [-0.25, -0.2) is 0 Å². The van der Waals surface area contributed by atoms with E-state index in [-0.39, 0.29) is 12.5 Å². The molecule has 84 valence electrons. The van der Waals surface area contributed by atoms with Crippen LogP contribution in [0.1, 0.15) is 13.3 Å². The van der Waals surface area contributed by atoms with Gasteiger partial charge in [0, 0.05) is 31.8 Å². The number of fused-ring (bicyclic) bond motifs is 2. The van der Waals surface area contributed by atoms with Crippen LogP contribution in [0.25, 0.3) is 0 Å². The monoisotopic (exact) mass is 211 g/mol. The molecule has 2 rings (SSSR count). The minimum atomic E-state index is -0.0888. The Balaban J connectivity index is 1.66. The van der Waals surface area contributed by atoms with Gasteiger partial charge < -0.3 is 10.2 Å². The average Bonchev–Trinajstić information content (AvgIpc) is 2.79. The van der Waals surface area contributed by atoms with Crippen molar-refractivity contribution < 1.29 is 9.63 Å². The van der Waals surface area contributed by atoms with E-state index in [2.05, 4.69) is 21.9 Å². The fourth-order valence-electron chi connectivity index (χ4n) is 2.00. The first-order valence-electron chi connectivity index (χ1n) is 5.40. The van der Waals surface area contributed by atoms with E-state index in [9.17, 15) is 4.79 Å². The Kier molecular flexibility index (Phi) is 3.11. The van der Waals surface area contributed by atoms with Gasteiger partial charge in [0.1, 0.15) is 0 Å². The fraction of sp³-hybridized carbons (Fsp3) is 0.700. The number of nitrogens with zero attached hydrogens (tertiary/aromatic N) is 1. The first kappa shape index (κ1) is 10.3. The molecule has 0 aromatic heterocycles. The Labute approximate surface area is 89.4 Å². The number of rotatable bonds is 5. The molecule has 2 N–H and O–H groups in total. The Morgan fingerprint density at radius 1 is 1.73 bits per heavy atom. The number of hydroxylamine groups is 1. The third kappa shape index (κ3) is 2.41. The number of nitrogens with one attached hydrogen (secondary N) is 2. The minimum absolute atomic E-state index is 0.0674. The maximum absolute atomic E-state index is 11.1. The van der Waals surface area contributed by atoms with Crippen molar-refractivity contribution in [1.82, 2.24) is 15.7 Å². The molecular weight excluding hydrogens is 194 g/mol. The molecule has 0 saturated carbocycles. The van der Waals surface area contributed by atoms with E-state index in [1.807, 2.05) is 6.92 Å².